The molecule has 0 N–H and O–H groups in total. The molecule has 0 aliphatic rings. The van der Waals surface area contributed by atoms with Crippen molar-refractivity contribution in [2.45, 2.75) is 0 Å². The maximum absolute atomic E-state index is 14.8. The minimum Gasteiger partial charge on any atom is -0.247 e. The molecule has 0 aliphatic heterocycles. The Morgan fingerprint density at radius 2 is 1.38 bits per heavy atom. The van der Waals surface area contributed by atoms with Crippen molar-refractivity contribution >= 4 is 44.4 Å². The van der Waals surface area contributed by atoms with Crippen LogP contribution < -0.4 is 0 Å². The maximum atomic E-state index is 14.8. The van der Waals surface area contributed by atoms with E-state index in [0.717, 1.165) is 55.1 Å². The Morgan fingerprint density at radius 1 is 0.650 bits per heavy atom. The summed E-state index contributed by atoms with van der Waals surface area (Å²) in [4.78, 5) is 5.06. The van der Waals surface area contributed by atoms with Gasteiger partial charge in [-0.3, -0.25) is 0 Å². The molecule has 2 heterocycles. The number of nitriles is 1. The number of halogens is 3. The van der Waals surface area contributed by atoms with Crippen LogP contribution in [0.3, 0.4) is 0 Å². The highest BCUT2D eigenvalue weighted by Crippen LogP contribution is 2.38. The van der Waals surface area contributed by atoms with Gasteiger partial charge in [-0.25, -0.2) is 18.2 Å². The number of pyridine rings is 1. The van der Waals surface area contributed by atoms with Gasteiger partial charge in [0.25, 0.3) is 0 Å². The summed E-state index contributed by atoms with van der Waals surface area (Å²) in [6, 6.07) is 28.4. The lowest BCUT2D eigenvalue weighted by Crippen LogP contribution is -1.98. The van der Waals surface area contributed by atoms with Crippen molar-refractivity contribution in [2.75, 3.05) is 0 Å². The molecule has 8 heteroatoms. The summed E-state index contributed by atoms with van der Waals surface area (Å²) in [5, 5.41) is 12.0. The molecule has 0 saturated heterocycles. The Bertz CT molecular complexity index is 2150. The van der Waals surface area contributed by atoms with Gasteiger partial charge in [0.1, 0.15) is 34.3 Å². The third kappa shape index (κ3) is 3.71. The Labute approximate surface area is 229 Å². The molecule has 4 nitrogen and oxygen atoms in total. The standard InChI is InChI=1S/C32H15F3N4S/c33-24-15-25(34)28(30(35)23(24)16-36)18-8-6-17(7-9-18)20-10-11-21-27(14-20)37-31(19-4-2-1-3-5-19)22-12-13-26-32(29(21)22)39-40-38-26/h1-15H. The van der Waals surface area contributed by atoms with Crippen LogP contribution in [-0.2, 0) is 0 Å². The van der Waals surface area contributed by atoms with Gasteiger partial charge in [0, 0.05) is 27.8 Å². The highest BCUT2D eigenvalue weighted by atomic mass is 32.1. The third-order valence-corrected chi connectivity index (χ3v) is 7.56. The summed E-state index contributed by atoms with van der Waals surface area (Å²) in [5.74, 6) is -3.51. The molecule has 7 aromatic rings. The lowest BCUT2D eigenvalue weighted by atomic mass is 9.95. The maximum Gasteiger partial charge on any atom is 0.154 e. The summed E-state index contributed by atoms with van der Waals surface area (Å²) < 4.78 is 52.1. The van der Waals surface area contributed by atoms with E-state index in [1.165, 1.54) is 17.8 Å². The number of aromatic nitrogens is 3. The van der Waals surface area contributed by atoms with Crippen molar-refractivity contribution in [3.05, 3.63) is 114 Å². The number of hydrogen-bond acceptors (Lipinski definition) is 5. The smallest absolute Gasteiger partial charge is 0.154 e. The van der Waals surface area contributed by atoms with Crippen LogP contribution in [0.15, 0.2) is 91.0 Å². The van der Waals surface area contributed by atoms with Gasteiger partial charge in [-0.2, -0.15) is 14.0 Å². The van der Waals surface area contributed by atoms with Gasteiger partial charge < -0.3 is 0 Å². The van der Waals surface area contributed by atoms with Crippen LogP contribution >= 0.6 is 11.7 Å². The quantitative estimate of drug-likeness (QED) is 0.209. The fourth-order valence-electron chi connectivity index (χ4n) is 5.12. The molecule has 0 saturated carbocycles. The van der Waals surface area contributed by atoms with Gasteiger partial charge in [-0.15, -0.1) is 0 Å². The molecule has 0 bridgehead atoms. The van der Waals surface area contributed by atoms with Crippen LogP contribution in [0.5, 0.6) is 0 Å². The molecule has 7 rings (SSSR count). The molecule has 0 atom stereocenters. The van der Waals surface area contributed by atoms with Crippen LogP contribution in [0.2, 0.25) is 0 Å². The van der Waals surface area contributed by atoms with E-state index >= 15 is 0 Å². The van der Waals surface area contributed by atoms with Crippen molar-refractivity contribution < 1.29 is 13.2 Å². The normalized spacial score (nSPS) is 11.3. The van der Waals surface area contributed by atoms with E-state index in [2.05, 4.69) is 8.75 Å². The Kier molecular flexibility index (Phi) is 5.54. The van der Waals surface area contributed by atoms with E-state index in [1.54, 1.807) is 24.3 Å². The number of fused-ring (bicyclic) bond motifs is 5. The third-order valence-electron chi connectivity index (χ3n) is 7.02. The largest absolute Gasteiger partial charge is 0.247 e. The zero-order chi connectivity index (χ0) is 27.4. The zero-order valence-electron chi connectivity index (χ0n) is 20.5. The lowest BCUT2D eigenvalue weighted by Gasteiger charge is -2.12. The highest BCUT2D eigenvalue weighted by molar-refractivity contribution is 7.00. The second-order valence-corrected chi connectivity index (χ2v) is 9.80. The fourth-order valence-corrected chi connectivity index (χ4v) is 5.66. The molecule has 5 aromatic carbocycles. The predicted molar refractivity (Wildman–Crippen MR) is 151 cm³/mol. The van der Waals surface area contributed by atoms with Crippen molar-refractivity contribution in [1.82, 2.24) is 13.7 Å². The van der Waals surface area contributed by atoms with Gasteiger partial charge in [-0.05, 0) is 34.9 Å². The van der Waals surface area contributed by atoms with E-state index in [0.29, 0.717) is 6.07 Å². The van der Waals surface area contributed by atoms with Crippen molar-refractivity contribution in [2.24, 2.45) is 0 Å². The van der Waals surface area contributed by atoms with Crippen LogP contribution in [0.4, 0.5) is 13.2 Å². The number of nitrogens with zero attached hydrogens (tertiary/aromatic N) is 4. The second kappa shape index (κ2) is 9.26. The van der Waals surface area contributed by atoms with Gasteiger partial charge in [0.2, 0.25) is 0 Å². The first-order valence-electron chi connectivity index (χ1n) is 12.3. The fraction of sp³-hybridized carbons (Fsp3) is 0. The number of rotatable bonds is 3. The second-order valence-electron chi connectivity index (χ2n) is 9.27. The summed E-state index contributed by atoms with van der Waals surface area (Å²) in [6.07, 6.45) is 0. The van der Waals surface area contributed by atoms with E-state index in [4.69, 9.17) is 10.2 Å². The van der Waals surface area contributed by atoms with Crippen LogP contribution in [0.25, 0.3) is 66.2 Å². The molecule has 190 valence electrons. The zero-order valence-corrected chi connectivity index (χ0v) is 21.3. The van der Waals surface area contributed by atoms with Crippen LogP contribution in [0, 0.1) is 28.8 Å². The first kappa shape index (κ1) is 23.9. The molecule has 40 heavy (non-hydrogen) atoms. The minimum absolute atomic E-state index is 0.199. The molecule has 2 aromatic heterocycles. The van der Waals surface area contributed by atoms with E-state index in [1.807, 2.05) is 60.7 Å². The van der Waals surface area contributed by atoms with E-state index in [-0.39, 0.29) is 5.56 Å². The van der Waals surface area contributed by atoms with Crippen molar-refractivity contribution in [3.63, 3.8) is 0 Å². The molecule has 0 fully saturated rings. The topological polar surface area (TPSA) is 62.5 Å². The monoisotopic (exact) mass is 544 g/mol. The average Bonchev–Trinajstić information content (AvgIpc) is 3.46. The van der Waals surface area contributed by atoms with Gasteiger partial charge in [-0.1, -0.05) is 66.7 Å². The first-order valence-corrected chi connectivity index (χ1v) is 13.0. The molecule has 0 spiro atoms. The number of hydrogen-bond donors (Lipinski definition) is 0. The lowest BCUT2D eigenvalue weighted by molar-refractivity contribution is 0.543. The Morgan fingerprint density at radius 3 is 2.15 bits per heavy atom. The van der Waals surface area contributed by atoms with Crippen LogP contribution in [0.1, 0.15) is 5.56 Å². The van der Waals surface area contributed by atoms with Gasteiger partial charge >= 0.3 is 0 Å². The summed E-state index contributed by atoms with van der Waals surface area (Å²) in [5.41, 5.74) is 4.82. The Balaban J connectivity index is 1.40. The molecule has 0 radical (unpaired) electrons. The predicted octanol–water partition coefficient (Wildman–Crippen LogP) is 8.68. The highest BCUT2D eigenvalue weighted by Gasteiger charge is 2.20. The van der Waals surface area contributed by atoms with Crippen molar-refractivity contribution in [3.8, 4) is 39.6 Å². The molecule has 0 aliphatic carbocycles. The molecule has 0 unspecified atom stereocenters. The average molecular weight is 545 g/mol. The van der Waals surface area contributed by atoms with Gasteiger partial charge in [0.15, 0.2) is 5.82 Å². The molecular weight excluding hydrogens is 529 g/mol. The number of benzene rings is 5. The van der Waals surface area contributed by atoms with E-state index in [9.17, 15) is 13.2 Å². The SMILES string of the molecule is N#Cc1c(F)cc(F)c(-c2ccc(-c3ccc4c(c3)nc(-c3ccccc3)c3ccc5nsnc5c34)cc2)c1F. The summed E-state index contributed by atoms with van der Waals surface area (Å²) in [7, 11) is 0. The summed E-state index contributed by atoms with van der Waals surface area (Å²) >= 11 is 1.17. The first-order chi connectivity index (χ1) is 19.5. The van der Waals surface area contributed by atoms with E-state index < -0.39 is 28.6 Å². The molecule has 0 amide bonds. The minimum atomic E-state index is -1.23. The van der Waals surface area contributed by atoms with Gasteiger partial charge in [0.05, 0.1) is 28.5 Å². The molecular formula is C32H15F3N4S. The Hall–Kier alpha value is -5.13. The van der Waals surface area contributed by atoms with Crippen molar-refractivity contribution in [1.29, 1.82) is 5.26 Å². The summed E-state index contributed by atoms with van der Waals surface area (Å²) in [6.45, 7) is 0. The van der Waals surface area contributed by atoms with Crippen LogP contribution in [-0.4, -0.2) is 13.7 Å².